The van der Waals surface area contributed by atoms with Crippen LogP contribution in [-0.4, -0.2) is 60.4 Å². The van der Waals surface area contributed by atoms with Gasteiger partial charge in [-0.3, -0.25) is 9.69 Å². The predicted molar refractivity (Wildman–Crippen MR) is 203 cm³/mol. The molecule has 0 bridgehead atoms. The number of carbonyl (C=O) groups excluding carboxylic acids is 2. The number of likely N-dealkylation sites (tertiary alicyclic amines) is 2. The molecule has 268 valence electrons. The monoisotopic (exact) mass is 706 g/mol. The number of amides is 2. The minimum Gasteiger partial charge on any atom is -0.488 e. The highest BCUT2D eigenvalue weighted by Gasteiger charge is 2.35. The Morgan fingerprint density at radius 3 is 2.13 bits per heavy atom. The summed E-state index contributed by atoms with van der Waals surface area (Å²) in [6, 6.07) is 26.4. The van der Waals surface area contributed by atoms with Gasteiger partial charge in [-0.05, 0) is 98.9 Å². The lowest BCUT2D eigenvalue weighted by atomic mass is 9.92. The number of benzene rings is 4. The van der Waals surface area contributed by atoms with E-state index < -0.39 is 5.60 Å². The largest absolute Gasteiger partial charge is 0.488 e. The lowest BCUT2D eigenvalue weighted by Gasteiger charge is -2.27. The molecule has 2 fully saturated rings. The SMILES string of the molecule is CC(C)(C)OC(=O)N1CCC[C@H]1c1ncc(-c2ccc3c(c2)COc2c-3ccc3cc(-c4cnc([C@@H]5CCCN5C(=O)c5ccccc5)[nH]4)ccc23)[nH]1. The van der Waals surface area contributed by atoms with Gasteiger partial charge < -0.3 is 24.3 Å². The fourth-order valence-electron chi connectivity index (χ4n) is 8.07. The van der Waals surface area contributed by atoms with Crippen LogP contribution >= 0.6 is 0 Å². The van der Waals surface area contributed by atoms with Crippen molar-refractivity contribution in [1.29, 1.82) is 0 Å². The van der Waals surface area contributed by atoms with Gasteiger partial charge in [0.05, 0.1) is 35.9 Å². The molecule has 2 amide bonds. The molecule has 0 aliphatic carbocycles. The number of nitrogens with zero attached hydrogens (tertiary/aromatic N) is 4. The Labute approximate surface area is 308 Å². The number of nitrogens with one attached hydrogen (secondary N) is 2. The lowest BCUT2D eigenvalue weighted by molar-refractivity contribution is 0.0218. The third-order valence-electron chi connectivity index (χ3n) is 10.6. The molecule has 0 spiro atoms. The Morgan fingerprint density at radius 1 is 0.774 bits per heavy atom. The van der Waals surface area contributed by atoms with Crippen LogP contribution in [0.1, 0.15) is 86.1 Å². The van der Waals surface area contributed by atoms with Crippen molar-refractivity contribution >= 4 is 22.8 Å². The number of hydrogen-bond donors (Lipinski definition) is 2. The van der Waals surface area contributed by atoms with E-state index in [0.29, 0.717) is 18.7 Å². The number of ether oxygens (including phenoxy) is 2. The van der Waals surface area contributed by atoms with Gasteiger partial charge >= 0.3 is 6.09 Å². The zero-order valence-corrected chi connectivity index (χ0v) is 30.2. The summed E-state index contributed by atoms with van der Waals surface area (Å²) in [5.74, 6) is 2.52. The van der Waals surface area contributed by atoms with Gasteiger partial charge in [-0.15, -0.1) is 0 Å². The molecule has 3 aliphatic rings. The van der Waals surface area contributed by atoms with Gasteiger partial charge in [0.2, 0.25) is 0 Å². The highest BCUT2D eigenvalue weighted by atomic mass is 16.6. The van der Waals surface area contributed by atoms with Gasteiger partial charge in [0.25, 0.3) is 5.91 Å². The minimum absolute atomic E-state index is 0.0438. The van der Waals surface area contributed by atoms with Crippen LogP contribution in [0.4, 0.5) is 4.79 Å². The van der Waals surface area contributed by atoms with E-state index in [0.717, 1.165) is 99.6 Å². The molecule has 0 saturated carbocycles. The number of fused-ring (bicyclic) bond motifs is 5. The van der Waals surface area contributed by atoms with Gasteiger partial charge in [-0.25, -0.2) is 14.8 Å². The van der Waals surface area contributed by atoms with Crippen molar-refractivity contribution in [3.8, 4) is 39.4 Å². The molecule has 3 aliphatic heterocycles. The van der Waals surface area contributed by atoms with Crippen LogP contribution in [0.2, 0.25) is 0 Å². The fourth-order valence-corrected chi connectivity index (χ4v) is 8.07. The Kier molecular flexibility index (Phi) is 8.05. The van der Waals surface area contributed by atoms with Crippen molar-refractivity contribution in [2.45, 2.75) is 70.7 Å². The molecule has 2 N–H and O–H groups in total. The highest BCUT2D eigenvalue weighted by molar-refractivity contribution is 5.98. The van der Waals surface area contributed by atoms with E-state index in [9.17, 15) is 9.59 Å². The van der Waals surface area contributed by atoms with E-state index >= 15 is 0 Å². The summed E-state index contributed by atoms with van der Waals surface area (Å²) in [4.78, 5) is 46.4. The molecule has 6 aromatic rings. The number of hydrogen-bond acceptors (Lipinski definition) is 6. The second-order valence-electron chi connectivity index (χ2n) is 15.3. The number of carbonyl (C=O) groups is 2. The fraction of sp³-hybridized carbons (Fsp3) is 0.302. The summed E-state index contributed by atoms with van der Waals surface area (Å²) in [6.45, 7) is 7.50. The Bertz CT molecular complexity index is 2360. The van der Waals surface area contributed by atoms with E-state index in [1.54, 1.807) is 4.90 Å². The third-order valence-corrected chi connectivity index (χ3v) is 10.6. The number of rotatable bonds is 5. The summed E-state index contributed by atoms with van der Waals surface area (Å²) < 4.78 is 12.1. The average Bonchev–Trinajstić information content (AvgIpc) is 4.00. The van der Waals surface area contributed by atoms with Crippen molar-refractivity contribution in [2.24, 2.45) is 0 Å². The first-order valence-corrected chi connectivity index (χ1v) is 18.5. The topological polar surface area (TPSA) is 116 Å². The zero-order chi connectivity index (χ0) is 36.3. The van der Waals surface area contributed by atoms with E-state index in [-0.39, 0.29) is 24.1 Å². The van der Waals surface area contributed by atoms with Gasteiger partial charge in [0, 0.05) is 35.2 Å². The first-order chi connectivity index (χ1) is 25.7. The van der Waals surface area contributed by atoms with Crippen LogP contribution in [0, 0.1) is 0 Å². The standard InChI is InChI=1S/C43H42N6O4/c1-43(2,3)53-42(51)49-20-8-12-37(49)40-45-24-35(47-40)29-14-16-31-30(22-29)25-52-38-32-17-15-28(21-27(32)13-18-33(31)38)34-23-44-39(46-34)36-11-7-19-48(36)41(50)26-9-5-4-6-10-26/h4-6,9-10,13-18,21-24,36-37H,7-8,11-12,19-20,25H2,1-3H3,(H,44,46)(H,45,47)/t36-,37-/m0/s1. The molecule has 0 unspecified atom stereocenters. The quantitative estimate of drug-likeness (QED) is 0.185. The van der Waals surface area contributed by atoms with Gasteiger partial charge in [0.15, 0.2) is 0 Å². The molecule has 10 heteroatoms. The molecule has 53 heavy (non-hydrogen) atoms. The first kappa shape index (κ1) is 33.0. The third kappa shape index (κ3) is 6.11. The van der Waals surface area contributed by atoms with Gasteiger partial charge in [-0.1, -0.05) is 48.5 Å². The summed E-state index contributed by atoms with van der Waals surface area (Å²) in [7, 11) is 0. The van der Waals surface area contributed by atoms with Crippen LogP contribution in [0.15, 0.2) is 91.3 Å². The molecule has 0 radical (unpaired) electrons. The summed E-state index contributed by atoms with van der Waals surface area (Å²) in [5, 5.41) is 2.14. The zero-order valence-electron chi connectivity index (χ0n) is 30.2. The Hall–Kier alpha value is -5.90. The van der Waals surface area contributed by atoms with Crippen molar-refractivity contribution in [1.82, 2.24) is 29.7 Å². The Balaban J connectivity index is 0.938. The Morgan fingerprint density at radius 2 is 1.42 bits per heavy atom. The number of aromatic nitrogens is 4. The van der Waals surface area contributed by atoms with E-state index in [1.165, 1.54) is 0 Å². The van der Waals surface area contributed by atoms with Crippen LogP contribution in [0.3, 0.4) is 0 Å². The molecule has 4 aromatic carbocycles. The average molecular weight is 707 g/mol. The normalized spacial score (nSPS) is 18.2. The molecule has 2 aromatic heterocycles. The smallest absolute Gasteiger partial charge is 0.410 e. The maximum absolute atomic E-state index is 13.3. The van der Waals surface area contributed by atoms with Crippen LogP contribution in [0.5, 0.6) is 5.75 Å². The minimum atomic E-state index is -0.548. The number of aromatic amines is 2. The van der Waals surface area contributed by atoms with E-state index in [1.807, 2.05) is 68.4 Å². The van der Waals surface area contributed by atoms with Crippen molar-refractivity contribution < 1.29 is 19.1 Å². The molecule has 2 saturated heterocycles. The second kappa shape index (κ2) is 12.9. The first-order valence-electron chi connectivity index (χ1n) is 18.5. The van der Waals surface area contributed by atoms with E-state index in [4.69, 9.17) is 19.4 Å². The van der Waals surface area contributed by atoms with E-state index in [2.05, 4.69) is 58.5 Å². The van der Waals surface area contributed by atoms with Crippen LogP contribution in [-0.2, 0) is 11.3 Å². The lowest BCUT2D eigenvalue weighted by Crippen LogP contribution is -2.36. The maximum atomic E-state index is 13.3. The summed E-state index contributed by atoms with van der Waals surface area (Å²) in [6.07, 6.45) is 7.01. The van der Waals surface area contributed by atoms with Gasteiger partial charge in [-0.2, -0.15) is 0 Å². The summed E-state index contributed by atoms with van der Waals surface area (Å²) >= 11 is 0. The summed E-state index contributed by atoms with van der Waals surface area (Å²) in [5.41, 5.74) is 7.35. The van der Waals surface area contributed by atoms with Crippen molar-refractivity contribution in [3.63, 3.8) is 0 Å². The molecule has 10 nitrogen and oxygen atoms in total. The maximum Gasteiger partial charge on any atom is 0.410 e. The molecular weight excluding hydrogens is 665 g/mol. The van der Waals surface area contributed by atoms with Crippen LogP contribution in [0.25, 0.3) is 44.4 Å². The van der Waals surface area contributed by atoms with Crippen molar-refractivity contribution in [3.05, 3.63) is 114 Å². The number of imidazole rings is 2. The van der Waals surface area contributed by atoms with Crippen LogP contribution < -0.4 is 4.74 Å². The van der Waals surface area contributed by atoms with Crippen molar-refractivity contribution in [2.75, 3.05) is 13.1 Å². The molecule has 2 atom stereocenters. The van der Waals surface area contributed by atoms with Gasteiger partial charge in [0.1, 0.15) is 29.6 Å². The number of H-pyrrole nitrogens is 2. The molecule has 9 rings (SSSR count). The predicted octanol–water partition coefficient (Wildman–Crippen LogP) is 9.23. The molecule has 5 heterocycles. The second-order valence-corrected chi connectivity index (χ2v) is 15.3. The highest BCUT2D eigenvalue weighted by Crippen LogP contribution is 2.44. The molecular formula is C43H42N6O4.